The van der Waals surface area contributed by atoms with Crippen molar-refractivity contribution in [2.24, 2.45) is 0 Å². The lowest BCUT2D eigenvalue weighted by Gasteiger charge is -2.50. The number of nitrogens with one attached hydrogen (secondary N) is 1. The maximum atomic E-state index is 5.41. The predicted molar refractivity (Wildman–Crippen MR) is 71.3 cm³/mol. The fraction of sp³-hybridized carbons (Fsp3) is 1.00. The molecule has 1 heterocycles. The number of piperazine rings is 1. The van der Waals surface area contributed by atoms with Gasteiger partial charge >= 0.3 is 0 Å². The van der Waals surface area contributed by atoms with Gasteiger partial charge in [-0.05, 0) is 25.7 Å². The zero-order chi connectivity index (χ0) is 12.3. The van der Waals surface area contributed by atoms with Crippen molar-refractivity contribution in [1.82, 2.24) is 10.2 Å². The predicted octanol–water partition coefficient (Wildman–Crippen LogP) is 2.02. The van der Waals surface area contributed by atoms with Crippen molar-refractivity contribution in [3.63, 3.8) is 0 Å². The van der Waals surface area contributed by atoms with Crippen LogP contribution in [0.4, 0.5) is 0 Å². The summed E-state index contributed by atoms with van der Waals surface area (Å²) in [6.45, 7) is 7.01. The Balaban J connectivity index is 1.87. The summed E-state index contributed by atoms with van der Waals surface area (Å²) in [4.78, 5) is 2.76. The second kappa shape index (κ2) is 6.17. The lowest BCUT2D eigenvalue weighted by Crippen LogP contribution is -2.62. The minimum absolute atomic E-state index is 0.525. The average Bonchev–Trinajstić information content (AvgIpc) is 2.28. The monoisotopic (exact) mass is 240 g/mol. The SMILES string of the molecule is CCCC1CN(C2CC(OC)C2)C(CC)CN1. The number of hydrogen-bond acceptors (Lipinski definition) is 3. The van der Waals surface area contributed by atoms with Crippen molar-refractivity contribution < 1.29 is 4.74 Å². The molecule has 0 aromatic heterocycles. The van der Waals surface area contributed by atoms with E-state index in [1.807, 2.05) is 7.11 Å². The Labute approximate surface area is 106 Å². The van der Waals surface area contributed by atoms with Gasteiger partial charge in [0, 0.05) is 38.3 Å². The minimum Gasteiger partial charge on any atom is -0.381 e. The van der Waals surface area contributed by atoms with Crippen LogP contribution in [0.2, 0.25) is 0 Å². The van der Waals surface area contributed by atoms with E-state index in [-0.39, 0.29) is 0 Å². The topological polar surface area (TPSA) is 24.5 Å². The zero-order valence-electron chi connectivity index (χ0n) is 11.6. The zero-order valence-corrected chi connectivity index (χ0v) is 11.6. The van der Waals surface area contributed by atoms with Crippen LogP contribution in [0.15, 0.2) is 0 Å². The largest absolute Gasteiger partial charge is 0.381 e. The number of ether oxygens (including phenoxy) is 1. The first-order valence-corrected chi connectivity index (χ1v) is 7.30. The molecule has 2 unspecified atom stereocenters. The first kappa shape index (κ1) is 13.3. The van der Waals surface area contributed by atoms with Gasteiger partial charge in [0.05, 0.1) is 6.10 Å². The molecule has 0 bridgehead atoms. The molecule has 2 fully saturated rings. The van der Waals surface area contributed by atoms with Gasteiger partial charge in [-0.25, -0.2) is 0 Å². The summed E-state index contributed by atoms with van der Waals surface area (Å²) < 4.78 is 5.41. The second-order valence-corrected chi connectivity index (χ2v) is 5.64. The summed E-state index contributed by atoms with van der Waals surface area (Å²) in [7, 11) is 1.84. The normalized spacial score (nSPS) is 39.0. The molecule has 2 rings (SSSR count). The van der Waals surface area contributed by atoms with Gasteiger partial charge in [-0.15, -0.1) is 0 Å². The molecule has 0 aromatic rings. The third-order valence-electron chi connectivity index (χ3n) is 4.52. The van der Waals surface area contributed by atoms with Crippen LogP contribution in [0, 0.1) is 0 Å². The lowest BCUT2D eigenvalue weighted by atomic mass is 9.85. The second-order valence-electron chi connectivity index (χ2n) is 5.64. The third-order valence-corrected chi connectivity index (χ3v) is 4.52. The van der Waals surface area contributed by atoms with Crippen LogP contribution >= 0.6 is 0 Å². The molecule has 2 aliphatic rings. The van der Waals surface area contributed by atoms with E-state index in [1.54, 1.807) is 0 Å². The van der Waals surface area contributed by atoms with Gasteiger partial charge in [-0.1, -0.05) is 20.3 Å². The van der Waals surface area contributed by atoms with Crippen molar-refractivity contribution in [2.75, 3.05) is 20.2 Å². The van der Waals surface area contributed by atoms with Gasteiger partial charge in [0.2, 0.25) is 0 Å². The maximum Gasteiger partial charge on any atom is 0.0601 e. The molecule has 3 heteroatoms. The van der Waals surface area contributed by atoms with Gasteiger partial charge in [0.1, 0.15) is 0 Å². The number of methoxy groups -OCH3 is 1. The summed E-state index contributed by atoms with van der Waals surface area (Å²) >= 11 is 0. The van der Waals surface area contributed by atoms with E-state index in [2.05, 4.69) is 24.1 Å². The molecule has 1 saturated carbocycles. The molecule has 1 saturated heterocycles. The summed E-state index contributed by atoms with van der Waals surface area (Å²) in [6, 6.07) is 2.24. The molecule has 0 amide bonds. The van der Waals surface area contributed by atoms with Gasteiger partial charge in [-0.2, -0.15) is 0 Å². The maximum absolute atomic E-state index is 5.41. The van der Waals surface area contributed by atoms with Crippen molar-refractivity contribution in [1.29, 1.82) is 0 Å². The standard InChI is InChI=1S/C14H28N2O/c1-4-6-11-10-16(12(5-2)9-15-11)13-7-14(8-13)17-3/h11-15H,4-10H2,1-3H3. The number of hydrogen-bond donors (Lipinski definition) is 1. The molecule has 100 valence electrons. The first-order valence-electron chi connectivity index (χ1n) is 7.30. The van der Waals surface area contributed by atoms with Crippen molar-refractivity contribution >= 4 is 0 Å². The van der Waals surface area contributed by atoms with Gasteiger partial charge in [0.25, 0.3) is 0 Å². The lowest BCUT2D eigenvalue weighted by molar-refractivity contribution is -0.0529. The molecule has 17 heavy (non-hydrogen) atoms. The molecular formula is C14H28N2O. The highest BCUT2D eigenvalue weighted by atomic mass is 16.5. The average molecular weight is 240 g/mol. The molecule has 1 aliphatic carbocycles. The molecule has 1 N–H and O–H groups in total. The van der Waals surface area contributed by atoms with Crippen molar-refractivity contribution in [3.8, 4) is 0 Å². The van der Waals surface area contributed by atoms with Gasteiger partial charge in [-0.3, -0.25) is 4.90 Å². The fourth-order valence-corrected chi connectivity index (χ4v) is 3.26. The van der Waals surface area contributed by atoms with Gasteiger partial charge < -0.3 is 10.1 Å². The molecule has 0 radical (unpaired) electrons. The highest BCUT2D eigenvalue weighted by Gasteiger charge is 2.38. The smallest absolute Gasteiger partial charge is 0.0601 e. The van der Waals surface area contributed by atoms with Crippen LogP contribution in [0.1, 0.15) is 46.0 Å². The van der Waals surface area contributed by atoms with Gasteiger partial charge in [0.15, 0.2) is 0 Å². The van der Waals surface area contributed by atoms with E-state index in [0.29, 0.717) is 12.1 Å². The van der Waals surface area contributed by atoms with Crippen LogP contribution in [-0.4, -0.2) is 49.3 Å². The Bertz CT molecular complexity index is 228. The highest BCUT2D eigenvalue weighted by molar-refractivity contribution is 4.95. The van der Waals surface area contributed by atoms with E-state index >= 15 is 0 Å². The van der Waals surface area contributed by atoms with Crippen LogP contribution in [-0.2, 0) is 4.74 Å². The molecule has 3 nitrogen and oxygen atoms in total. The van der Waals surface area contributed by atoms with E-state index in [4.69, 9.17) is 4.74 Å². The van der Waals surface area contributed by atoms with E-state index in [0.717, 1.165) is 12.1 Å². The molecule has 0 spiro atoms. The number of rotatable bonds is 5. The summed E-state index contributed by atoms with van der Waals surface area (Å²) in [5.41, 5.74) is 0. The Kier molecular flexibility index (Phi) is 4.83. The molecule has 1 aliphatic heterocycles. The third kappa shape index (κ3) is 3.01. The fourth-order valence-electron chi connectivity index (χ4n) is 3.26. The Morgan fingerprint density at radius 2 is 2.06 bits per heavy atom. The first-order chi connectivity index (χ1) is 8.28. The van der Waals surface area contributed by atoms with Crippen LogP contribution in [0.3, 0.4) is 0 Å². The molecular weight excluding hydrogens is 212 g/mol. The molecule has 2 atom stereocenters. The minimum atomic E-state index is 0.525. The van der Waals surface area contributed by atoms with E-state index in [9.17, 15) is 0 Å². The summed E-state index contributed by atoms with van der Waals surface area (Å²) in [5.74, 6) is 0. The van der Waals surface area contributed by atoms with Crippen molar-refractivity contribution in [3.05, 3.63) is 0 Å². The Hall–Kier alpha value is -0.120. The Morgan fingerprint density at radius 1 is 1.29 bits per heavy atom. The van der Waals surface area contributed by atoms with E-state index in [1.165, 1.54) is 45.2 Å². The van der Waals surface area contributed by atoms with Crippen LogP contribution < -0.4 is 5.32 Å². The Morgan fingerprint density at radius 3 is 2.65 bits per heavy atom. The number of nitrogens with zero attached hydrogens (tertiary/aromatic N) is 1. The highest BCUT2D eigenvalue weighted by Crippen LogP contribution is 2.31. The van der Waals surface area contributed by atoms with Crippen LogP contribution in [0.25, 0.3) is 0 Å². The quantitative estimate of drug-likeness (QED) is 0.795. The van der Waals surface area contributed by atoms with Crippen LogP contribution in [0.5, 0.6) is 0 Å². The van der Waals surface area contributed by atoms with Crippen molar-refractivity contribution in [2.45, 2.75) is 70.2 Å². The van der Waals surface area contributed by atoms with E-state index < -0.39 is 0 Å². The summed E-state index contributed by atoms with van der Waals surface area (Å²) in [5, 5.41) is 3.71. The molecule has 0 aromatic carbocycles. The summed E-state index contributed by atoms with van der Waals surface area (Å²) in [6.07, 6.45) is 6.87.